The second-order valence-corrected chi connectivity index (χ2v) is 4.90. The zero-order valence-electron chi connectivity index (χ0n) is 12.2. The van der Waals surface area contributed by atoms with Crippen molar-refractivity contribution in [2.45, 2.75) is 39.8 Å². The summed E-state index contributed by atoms with van der Waals surface area (Å²) in [5.41, 5.74) is 1.05. The van der Waals surface area contributed by atoms with Crippen LogP contribution in [0.4, 0.5) is 0 Å². The molecule has 0 aliphatic heterocycles. The van der Waals surface area contributed by atoms with Crippen LogP contribution < -0.4 is 10.1 Å². The Bertz CT molecular complexity index is 521. The number of nitrogens with zero attached hydrogens (tertiary/aromatic N) is 4. The molecule has 0 spiro atoms. The number of rotatable bonds is 7. The maximum absolute atomic E-state index is 5.56. The Morgan fingerprint density at radius 3 is 2.60 bits per heavy atom. The largest absolute Gasteiger partial charge is 0.421 e. The molecule has 0 unspecified atom stereocenters. The van der Waals surface area contributed by atoms with Crippen molar-refractivity contribution in [2.24, 2.45) is 0 Å². The maximum Gasteiger partial charge on any atom is 0.321 e. The Hall–Kier alpha value is -1.95. The second kappa shape index (κ2) is 7.00. The van der Waals surface area contributed by atoms with E-state index in [1.165, 1.54) is 0 Å². The van der Waals surface area contributed by atoms with Crippen molar-refractivity contribution < 1.29 is 4.74 Å². The predicted octanol–water partition coefficient (Wildman–Crippen LogP) is 2.55. The first-order valence-electron chi connectivity index (χ1n) is 6.92. The molecule has 0 aliphatic carbocycles. The summed E-state index contributed by atoms with van der Waals surface area (Å²) in [5, 5.41) is 7.51. The minimum Gasteiger partial charge on any atom is -0.421 e. The molecule has 6 nitrogen and oxygen atoms in total. The Morgan fingerprint density at radius 1 is 1.25 bits per heavy atom. The molecule has 2 aromatic rings. The number of aromatic nitrogens is 4. The second-order valence-electron chi connectivity index (χ2n) is 4.90. The van der Waals surface area contributed by atoms with E-state index in [0.717, 1.165) is 25.1 Å². The molecule has 0 saturated heterocycles. The Labute approximate surface area is 119 Å². The lowest BCUT2D eigenvalue weighted by Crippen LogP contribution is -2.14. The Morgan fingerprint density at radius 2 is 2.00 bits per heavy atom. The average molecular weight is 275 g/mol. The normalized spacial score (nSPS) is 11.0. The van der Waals surface area contributed by atoms with Crippen molar-refractivity contribution in [2.75, 3.05) is 6.54 Å². The van der Waals surface area contributed by atoms with Gasteiger partial charge in [-0.3, -0.25) is 4.68 Å². The third-order valence-electron chi connectivity index (χ3n) is 2.75. The summed E-state index contributed by atoms with van der Waals surface area (Å²) in [6.07, 6.45) is 8.17. The summed E-state index contributed by atoms with van der Waals surface area (Å²) in [4.78, 5) is 8.39. The minimum absolute atomic E-state index is 0.306. The molecule has 2 aromatic heterocycles. The standard InChI is InChI=1S/C14H21N5O/c1-4-5-15-6-12-7-16-14(17-8-12)20-13-9-18-19(10-13)11(2)3/h7-11,15H,4-6H2,1-3H3. The molecular formula is C14H21N5O. The molecule has 0 bridgehead atoms. The van der Waals surface area contributed by atoms with E-state index in [0.29, 0.717) is 17.8 Å². The van der Waals surface area contributed by atoms with Gasteiger partial charge in [-0.05, 0) is 26.8 Å². The van der Waals surface area contributed by atoms with Crippen LogP contribution in [0.2, 0.25) is 0 Å². The molecule has 108 valence electrons. The molecule has 0 saturated carbocycles. The molecule has 2 rings (SSSR count). The van der Waals surface area contributed by atoms with Gasteiger partial charge in [0.05, 0.1) is 12.4 Å². The maximum atomic E-state index is 5.56. The van der Waals surface area contributed by atoms with Gasteiger partial charge in [-0.2, -0.15) is 5.10 Å². The minimum atomic E-state index is 0.306. The van der Waals surface area contributed by atoms with Gasteiger partial charge in [0.1, 0.15) is 0 Å². The first kappa shape index (κ1) is 14.5. The molecule has 0 amide bonds. The van der Waals surface area contributed by atoms with E-state index in [2.05, 4.69) is 41.2 Å². The van der Waals surface area contributed by atoms with Crippen molar-refractivity contribution >= 4 is 0 Å². The van der Waals surface area contributed by atoms with Crippen LogP contribution in [0.1, 0.15) is 38.8 Å². The first-order valence-corrected chi connectivity index (χ1v) is 6.92. The van der Waals surface area contributed by atoms with Gasteiger partial charge in [-0.1, -0.05) is 6.92 Å². The van der Waals surface area contributed by atoms with Gasteiger partial charge in [0.2, 0.25) is 0 Å². The topological polar surface area (TPSA) is 64.9 Å². The molecule has 2 heterocycles. The molecule has 0 radical (unpaired) electrons. The predicted molar refractivity (Wildman–Crippen MR) is 76.7 cm³/mol. The monoisotopic (exact) mass is 275 g/mol. The number of hydrogen-bond donors (Lipinski definition) is 1. The summed E-state index contributed by atoms with van der Waals surface area (Å²) in [6.45, 7) is 8.03. The zero-order chi connectivity index (χ0) is 14.4. The molecule has 6 heteroatoms. The van der Waals surface area contributed by atoms with Crippen molar-refractivity contribution in [1.82, 2.24) is 25.1 Å². The van der Waals surface area contributed by atoms with Crippen molar-refractivity contribution in [1.29, 1.82) is 0 Å². The van der Waals surface area contributed by atoms with Crippen LogP contribution in [0.5, 0.6) is 11.8 Å². The highest BCUT2D eigenvalue weighted by Crippen LogP contribution is 2.17. The summed E-state index contributed by atoms with van der Waals surface area (Å²) in [5.74, 6) is 0.649. The average Bonchev–Trinajstić information content (AvgIpc) is 2.90. The van der Waals surface area contributed by atoms with E-state index < -0.39 is 0 Å². The van der Waals surface area contributed by atoms with E-state index >= 15 is 0 Å². The SMILES string of the molecule is CCCNCc1cnc(Oc2cnn(C(C)C)c2)nc1. The Balaban J connectivity index is 1.92. The number of hydrogen-bond acceptors (Lipinski definition) is 5. The van der Waals surface area contributed by atoms with E-state index in [1.54, 1.807) is 18.6 Å². The third kappa shape index (κ3) is 4.03. The highest BCUT2D eigenvalue weighted by molar-refractivity contribution is 5.18. The molecule has 0 atom stereocenters. The highest BCUT2D eigenvalue weighted by Gasteiger charge is 2.05. The smallest absolute Gasteiger partial charge is 0.321 e. The molecule has 0 fully saturated rings. The van der Waals surface area contributed by atoms with Crippen molar-refractivity contribution in [3.63, 3.8) is 0 Å². The van der Waals surface area contributed by atoms with Gasteiger partial charge in [-0.25, -0.2) is 9.97 Å². The van der Waals surface area contributed by atoms with Crippen molar-refractivity contribution in [3.8, 4) is 11.8 Å². The lowest BCUT2D eigenvalue weighted by Gasteiger charge is -2.04. The van der Waals surface area contributed by atoms with Crippen LogP contribution in [-0.4, -0.2) is 26.3 Å². The fourth-order valence-corrected chi connectivity index (χ4v) is 1.66. The van der Waals surface area contributed by atoms with Gasteiger partial charge in [0, 0.05) is 30.5 Å². The van der Waals surface area contributed by atoms with Crippen LogP contribution in [0, 0.1) is 0 Å². The van der Waals surface area contributed by atoms with E-state index in [9.17, 15) is 0 Å². The first-order chi connectivity index (χ1) is 9.69. The summed E-state index contributed by atoms with van der Waals surface area (Å²) in [6, 6.07) is 0.646. The lowest BCUT2D eigenvalue weighted by molar-refractivity contribution is 0.438. The van der Waals surface area contributed by atoms with Crippen LogP contribution in [0.15, 0.2) is 24.8 Å². The van der Waals surface area contributed by atoms with E-state index in [1.807, 2.05) is 10.9 Å². The quantitative estimate of drug-likeness (QED) is 0.787. The third-order valence-corrected chi connectivity index (χ3v) is 2.75. The molecule has 0 aliphatic rings. The molecule has 0 aromatic carbocycles. The highest BCUT2D eigenvalue weighted by atomic mass is 16.5. The summed E-state index contributed by atoms with van der Waals surface area (Å²) >= 11 is 0. The van der Waals surface area contributed by atoms with Gasteiger partial charge >= 0.3 is 6.01 Å². The number of nitrogens with one attached hydrogen (secondary N) is 1. The fourth-order valence-electron chi connectivity index (χ4n) is 1.66. The summed E-state index contributed by atoms with van der Waals surface area (Å²) in [7, 11) is 0. The van der Waals surface area contributed by atoms with E-state index in [4.69, 9.17) is 4.74 Å². The zero-order valence-corrected chi connectivity index (χ0v) is 12.2. The fraction of sp³-hybridized carbons (Fsp3) is 0.500. The number of ether oxygens (including phenoxy) is 1. The van der Waals surface area contributed by atoms with Gasteiger partial charge < -0.3 is 10.1 Å². The van der Waals surface area contributed by atoms with Gasteiger partial charge in [-0.15, -0.1) is 0 Å². The van der Waals surface area contributed by atoms with Crippen molar-refractivity contribution in [3.05, 3.63) is 30.4 Å². The molecule has 20 heavy (non-hydrogen) atoms. The summed E-state index contributed by atoms with van der Waals surface area (Å²) < 4.78 is 7.40. The van der Waals surface area contributed by atoms with Crippen LogP contribution >= 0.6 is 0 Å². The van der Waals surface area contributed by atoms with Gasteiger partial charge in [0.25, 0.3) is 0 Å². The lowest BCUT2D eigenvalue weighted by atomic mass is 10.3. The van der Waals surface area contributed by atoms with Gasteiger partial charge in [0.15, 0.2) is 5.75 Å². The van der Waals surface area contributed by atoms with Crippen LogP contribution in [0.25, 0.3) is 0 Å². The molecular weight excluding hydrogens is 254 g/mol. The van der Waals surface area contributed by atoms with Crippen LogP contribution in [-0.2, 0) is 6.54 Å². The molecule has 1 N–H and O–H groups in total. The van der Waals surface area contributed by atoms with E-state index in [-0.39, 0.29) is 0 Å². The van der Waals surface area contributed by atoms with Crippen LogP contribution in [0.3, 0.4) is 0 Å². The Kier molecular flexibility index (Phi) is 5.06.